The Labute approximate surface area is 140 Å². The fraction of sp³-hybridized carbons (Fsp3) is 0.278. The van der Waals surface area contributed by atoms with Gasteiger partial charge in [-0.3, -0.25) is 9.78 Å². The van der Waals surface area contributed by atoms with Gasteiger partial charge in [0.25, 0.3) is 0 Å². The van der Waals surface area contributed by atoms with E-state index in [0.717, 1.165) is 29.7 Å². The van der Waals surface area contributed by atoms with Crippen LogP contribution in [-0.4, -0.2) is 16.9 Å². The average Bonchev–Trinajstić information content (AvgIpc) is 3.44. The highest BCUT2D eigenvalue weighted by molar-refractivity contribution is 5.94. The molecule has 1 fully saturated rings. The minimum Gasteiger partial charge on any atom is -0.334 e. The molecule has 0 saturated heterocycles. The lowest BCUT2D eigenvalue weighted by molar-refractivity contribution is -0.117. The van der Waals surface area contributed by atoms with Crippen molar-refractivity contribution in [3.63, 3.8) is 0 Å². The lowest BCUT2D eigenvalue weighted by atomic mass is 10.2. The summed E-state index contributed by atoms with van der Waals surface area (Å²) in [5.41, 5.74) is 2.69. The second-order valence-electron chi connectivity index (χ2n) is 5.86. The quantitative estimate of drug-likeness (QED) is 0.763. The van der Waals surface area contributed by atoms with Gasteiger partial charge in [0.05, 0.1) is 0 Å². The van der Waals surface area contributed by atoms with Crippen molar-refractivity contribution in [1.82, 2.24) is 15.6 Å². The lowest BCUT2D eigenvalue weighted by Gasteiger charge is -2.09. The first-order chi connectivity index (χ1) is 11.7. The Balaban J connectivity index is 1.45. The van der Waals surface area contributed by atoms with Crippen molar-refractivity contribution in [2.45, 2.75) is 25.9 Å². The second-order valence-corrected chi connectivity index (χ2v) is 5.86. The first kappa shape index (κ1) is 16.0. The molecular weight excluding hydrogens is 304 g/mol. The number of carbonyl (C=O) groups excluding carboxylic acids is 2. The summed E-state index contributed by atoms with van der Waals surface area (Å²) in [6, 6.07) is 11.0. The van der Waals surface area contributed by atoms with Crippen LogP contribution in [0.1, 0.15) is 24.0 Å². The van der Waals surface area contributed by atoms with Crippen molar-refractivity contribution in [3.8, 4) is 0 Å². The number of nitrogens with zero attached hydrogens (tertiary/aromatic N) is 1. The van der Waals surface area contributed by atoms with Crippen LogP contribution in [-0.2, 0) is 17.9 Å². The van der Waals surface area contributed by atoms with Crippen LogP contribution in [0.2, 0.25) is 0 Å². The third-order valence-corrected chi connectivity index (χ3v) is 3.80. The van der Waals surface area contributed by atoms with Crippen molar-refractivity contribution in [2.75, 3.05) is 5.32 Å². The van der Waals surface area contributed by atoms with Crippen LogP contribution < -0.4 is 16.0 Å². The van der Waals surface area contributed by atoms with Crippen molar-refractivity contribution in [2.24, 2.45) is 5.92 Å². The minimum absolute atomic E-state index is 0.0789. The van der Waals surface area contributed by atoms with E-state index in [9.17, 15) is 9.59 Å². The molecule has 1 saturated carbocycles. The van der Waals surface area contributed by atoms with Gasteiger partial charge in [-0.25, -0.2) is 4.79 Å². The number of aromatic nitrogens is 1. The SMILES string of the molecule is O=C(NCc1ccncc1)NCc1cccc(NC(=O)C2CC2)c1. The molecule has 3 rings (SSSR count). The summed E-state index contributed by atoms with van der Waals surface area (Å²) in [6.45, 7) is 0.848. The van der Waals surface area contributed by atoms with E-state index in [-0.39, 0.29) is 17.9 Å². The smallest absolute Gasteiger partial charge is 0.315 e. The largest absolute Gasteiger partial charge is 0.334 e. The van der Waals surface area contributed by atoms with Gasteiger partial charge in [-0.05, 0) is 48.2 Å². The molecule has 6 heteroatoms. The first-order valence-corrected chi connectivity index (χ1v) is 8.01. The molecule has 1 aliphatic rings. The predicted molar refractivity (Wildman–Crippen MR) is 91.1 cm³/mol. The van der Waals surface area contributed by atoms with Crippen LogP contribution in [0.4, 0.5) is 10.5 Å². The number of hydrogen-bond acceptors (Lipinski definition) is 3. The van der Waals surface area contributed by atoms with Crippen LogP contribution in [0.3, 0.4) is 0 Å². The Hall–Kier alpha value is -2.89. The number of amides is 3. The van der Waals surface area contributed by atoms with E-state index in [2.05, 4.69) is 20.9 Å². The van der Waals surface area contributed by atoms with Crippen LogP contribution in [0.25, 0.3) is 0 Å². The molecule has 3 amide bonds. The number of urea groups is 1. The molecule has 6 nitrogen and oxygen atoms in total. The zero-order chi connectivity index (χ0) is 16.8. The maximum absolute atomic E-state index is 11.8. The van der Waals surface area contributed by atoms with Crippen LogP contribution in [0.5, 0.6) is 0 Å². The summed E-state index contributed by atoms with van der Waals surface area (Å²) >= 11 is 0. The Bertz CT molecular complexity index is 714. The molecule has 1 aliphatic carbocycles. The predicted octanol–water partition coefficient (Wildman–Crippen LogP) is 2.43. The van der Waals surface area contributed by atoms with Gasteiger partial charge < -0.3 is 16.0 Å². The molecule has 2 aromatic rings. The summed E-state index contributed by atoms with van der Waals surface area (Å²) in [4.78, 5) is 27.6. The summed E-state index contributed by atoms with van der Waals surface area (Å²) in [6.07, 6.45) is 5.34. The molecule has 1 aromatic heterocycles. The van der Waals surface area contributed by atoms with E-state index in [0.29, 0.717) is 13.1 Å². The third-order valence-electron chi connectivity index (χ3n) is 3.80. The topological polar surface area (TPSA) is 83.1 Å². The molecule has 0 spiro atoms. The highest BCUT2D eigenvalue weighted by Crippen LogP contribution is 2.30. The molecule has 0 bridgehead atoms. The van der Waals surface area contributed by atoms with Gasteiger partial charge in [0.1, 0.15) is 0 Å². The number of carbonyl (C=O) groups is 2. The van der Waals surface area contributed by atoms with E-state index in [1.807, 2.05) is 36.4 Å². The van der Waals surface area contributed by atoms with Crippen LogP contribution >= 0.6 is 0 Å². The van der Waals surface area contributed by atoms with Gasteiger partial charge in [-0.2, -0.15) is 0 Å². The van der Waals surface area contributed by atoms with Gasteiger partial charge in [-0.15, -0.1) is 0 Å². The number of benzene rings is 1. The monoisotopic (exact) mass is 324 g/mol. The molecule has 124 valence electrons. The summed E-state index contributed by atoms with van der Waals surface area (Å²) in [5, 5.41) is 8.50. The molecule has 3 N–H and O–H groups in total. The minimum atomic E-state index is -0.237. The van der Waals surface area contributed by atoms with Gasteiger partial charge in [0.2, 0.25) is 5.91 Å². The van der Waals surface area contributed by atoms with E-state index in [4.69, 9.17) is 0 Å². The Morgan fingerprint density at radius 1 is 1.00 bits per heavy atom. The van der Waals surface area contributed by atoms with Gasteiger partial charge in [0, 0.05) is 37.1 Å². The van der Waals surface area contributed by atoms with Crippen LogP contribution in [0, 0.1) is 5.92 Å². The highest BCUT2D eigenvalue weighted by Gasteiger charge is 2.29. The summed E-state index contributed by atoms with van der Waals surface area (Å²) < 4.78 is 0. The number of hydrogen-bond donors (Lipinski definition) is 3. The molecule has 0 atom stereocenters. The van der Waals surface area contributed by atoms with Crippen molar-refractivity contribution >= 4 is 17.6 Å². The van der Waals surface area contributed by atoms with E-state index in [1.165, 1.54) is 0 Å². The molecule has 0 aliphatic heterocycles. The third kappa shape index (κ3) is 4.81. The Morgan fingerprint density at radius 2 is 1.71 bits per heavy atom. The molecule has 1 heterocycles. The first-order valence-electron chi connectivity index (χ1n) is 8.01. The zero-order valence-electron chi connectivity index (χ0n) is 13.3. The van der Waals surface area contributed by atoms with Crippen molar-refractivity contribution in [1.29, 1.82) is 0 Å². The maximum atomic E-state index is 11.8. The Morgan fingerprint density at radius 3 is 2.42 bits per heavy atom. The summed E-state index contributed by atoms with van der Waals surface area (Å²) in [7, 11) is 0. The number of nitrogens with one attached hydrogen (secondary N) is 3. The normalized spacial score (nSPS) is 13.2. The molecule has 1 aromatic carbocycles. The average molecular weight is 324 g/mol. The van der Waals surface area contributed by atoms with Gasteiger partial charge in [-0.1, -0.05) is 12.1 Å². The van der Waals surface area contributed by atoms with Crippen LogP contribution in [0.15, 0.2) is 48.8 Å². The van der Waals surface area contributed by atoms with Gasteiger partial charge >= 0.3 is 6.03 Å². The molecule has 0 radical (unpaired) electrons. The lowest BCUT2D eigenvalue weighted by Crippen LogP contribution is -2.34. The standard InChI is InChI=1S/C18H20N4O2/c23-17(15-4-5-15)22-16-3-1-2-14(10-16)12-21-18(24)20-11-13-6-8-19-9-7-13/h1-3,6-10,15H,4-5,11-12H2,(H,22,23)(H2,20,21,24). The zero-order valence-corrected chi connectivity index (χ0v) is 13.3. The molecular formula is C18H20N4O2. The fourth-order valence-electron chi connectivity index (χ4n) is 2.28. The second kappa shape index (κ2) is 7.59. The van der Waals surface area contributed by atoms with E-state index >= 15 is 0 Å². The molecule has 0 unspecified atom stereocenters. The Kier molecular flexibility index (Phi) is 5.05. The van der Waals surface area contributed by atoms with E-state index < -0.39 is 0 Å². The van der Waals surface area contributed by atoms with Gasteiger partial charge in [0.15, 0.2) is 0 Å². The van der Waals surface area contributed by atoms with Crippen molar-refractivity contribution in [3.05, 3.63) is 59.9 Å². The maximum Gasteiger partial charge on any atom is 0.315 e. The van der Waals surface area contributed by atoms with Crippen molar-refractivity contribution < 1.29 is 9.59 Å². The van der Waals surface area contributed by atoms with E-state index in [1.54, 1.807) is 12.4 Å². The molecule has 24 heavy (non-hydrogen) atoms. The summed E-state index contributed by atoms with van der Waals surface area (Å²) in [5.74, 6) is 0.251. The number of anilines is 1. The number of rotatable bonds is 6. The highest BCUT2D eigenvalue weighted by atomic mass is 16.2. The number of pyridine rings is 1. The fourth-order valence-corrected chi connectivity index (χ4v) is 2.28.